The molecule has 0 fully saturated rings. The lowest BCUT2D eigenvalue weighted by Gasteiger charge is -2.18. The molecule has 1 atom stereocenters. The van der Waals surface area contributed by atoms with Crippen molar-refractivity contribution in [1.82, 2.24) is 0 Å². The van der Waals surface area contributed by atoms with Crippen LogP contribution in [0.25, 0.3) is 0 Å². The minimum absolute atomic E-state index is 0.118. The van der Waals surface area contributed by atoms with Crippen molar-refractivity contribution >= 4 is 17.9 Å². The molecule has 0 aromatic rings. The summed E-state index contributed by atoms with van der Waals surface area (Å²) in [6, 6.07) is 0. The first-order valence-electron chi connectivity index (χ1n) is 25.4. The monoisotopic (exact) mass is 873 g/mol. The van der Waals surface area contributed by atoms with Gasteiger partial charge in [-0.3, -0.25) is 14.4 Å². The predicted octanol–water partition coefficient (Wildman–Crippen LogP) is 16.8. The Kier molecular flexibility index (Phi) is 47.5. The summed E-state index contributed by atoms with van der Waals surface area (Å²) >= 11 is 0. The van der Waals surface area contributed by atoms with E-state index in [-0.39, 0.29) is 38.0 Å². The molecule has 0 amide bonds. The van der Waals surface area contributed by atoms with Crippen LogP contribution in [0.1, 0.15) is 213 Å². The van der Waals surface area contributed by atoms with Crippen molar-refractivity contribution in [3.05, 3.63) is 109 Å². The summed E-state index contributed by atoms with van der Waals surface area (Å²) in [7, 11) is 0. The van der Waals surface area contributed by atoms with Crippen LogP contribution < -0.4 is 0 Å². The summed E-state index contributed by atoms with van der Waals surface area (Å²) in [6.07, 6.45) is 68.1. The van der Waals surface area contributed by atoms with E-state index in [9.17, 15) is 14.4 Å². The number of allylic oxidation sites excluding steroid dienone is 17. The van der Waals surface area contributed by atoms with Crippen molar-refractivity contribution in [2.45, 2.75) is 219 Å². The van der Waals surface area contributed by atoms with Gasteiger partial charge in [0.25, 0.3) is 0 Å². The molecular weight excluding hydrogens is 781 g/mol. The summed E-state index contributed by atoms with van der Waals surface area (Å²) in [6.45, 7) is 6.28. The van der Waals surface area contributed by atoms with Crippen molar-refractivity contribution in [3.63, 3.8) is 0 Å². The quantitative estimate of drug-likeness (QED) is 0.0263. The number of hydrogen-bond donors (Lipinski definition) is 0. The van der Waals surface area contributed by atoms with Gasteiger partial charge in [-0.2, -0.15) is 0 Å². The molecule has 0 aliphatic rings. The van der Waals surface area contributed by atoms with E-state index >= 15 is 0 Å². The summed E-state index contributed by atoms with van der Waals surface area (Å²) in [5.74, 6) is -1.09. The Morgan fingerprint density at radius 1 is 0.349 bits per heavy atom. The molecule has 6 heteroatoms. The van der Waals surface area contributed by atoms with E-state index in [0.29, 0.717) is 6.42 Å². The molecule has 0 aromatic carbocycles. The van der Waals surface area contributed by atoms with Crippen molar-refractivity contribution in [2.24, 2.45) is 0 Å². The number of rotatable bonds is 44. The van der Waals surface area contributed by atoms with E-state index in [1.807, 2.05) is 6.08 Å². The third-order valence-electron chi connectivity index (χ3n) is 10.3. The van der Waals surface area contributed by atoms with Crippen molar-refractivity contribution < 1.29 is 28.6 Å². The van der Waals surface area contributed by atoms with Crippen LogP contribution in [0.4, 0.5) is 0 Å². The van der Waals surface area contributed by atoms with Gasteiger partial charge in [-0.25, -0.2) is 0 Å². The molecule has 0 bridgehead atoms. The van der Waals surface area contributed by atoms with Gasteiger partial charge in [0.1, 0.15) is 13.2 Å². The van der Waals surface area contributed by atoms with Crippen LogP contribution in [0.15, 0.2) is 109 Å². The molecule has 356 valence electrons. The van der Waals surface area contributed by atoms with Gasteiger partial charge in [0, 0.05) is 12.8 Å². The van der Waals surface area contributed by atoms with E-state index in [4.69, 9.17) is 14.2 Å². The second-order valence-electron chi connectivity index (χ2n) is 16.3. The van der Waals surface area contributed by atoms with Gasteiger partial charge in [0.15, 0.2) is 6.10 Å². The van der Waals surface area contributed by atoms with Gasteiger partial charge < -0.3 is 14.2 Å². The third-order valence-corrected chi connectivity index (χ3v) is 10.3. The molecule has 0 aliphatic heterocycles. The second-order valence-corrected chi connectivity index (χ2v) is 16.3. The molecule has 0 rings (SSSR count). The average molecular weight is 873 g/mol. The Hall–Kier alpha value is -3.93. The first kappa shape index (κ1) is 59.1. The maximum atomic E-state index is 12.8. The average Bonchev–Trinajstić information content (AvgIpc) is 3.28. The largest absolute Gasteiger partial charge is 0.462 e. The number of carbonyl (C=O) groups excluding carboxylic acids is 3. The normalized spacial score (nSPS) is 13.0. The molecular formula is C57H92O6. The van der Waals surface area contributed by atoms with Crippen LogP contribution in [0.2, 0.25) is 0 Å². The van der Waals surface area contributed by atoms with Crippen LogP contribution in [-0.4, -0.2) is 37.2 Å². The van der Waals surface area contributed by atoms with Gasteiger partial charge in [-0.1, -0.05) is 201 Å². The highest BCUT2D eigenvalue weighted by molar-refractivity contribution is 5.72. The highest BCUT2D eigenvalue weighted by atomic mass is 16.6. The highest BCUT2D eigenvalue weighted by Crippen LogP contribution is 2.13. The number of esters is 3. The molecule has 0 radical (unpaired) electrons. The fraction of sp³-hybridized carbons (Fsp3) is 0.632. The Morgan fingerprint density at radius 3 is 1.13 bits per heavy atom. The molecule has 0 N–H and O–H groups in total. The Balaban J connectivity index is 4.56. The Labute approximate surface area is 387 Å². The molecule has 0 spiro atoms. The van der Waals surface area contributed by atoms with Gasteiger partial charge in [0.05, 0.1) is 6.42 Å². The summed E-state index contributed by atoms with van der Waals surface area (Å²) in [4.78, 5) is 37.9. The maximum absolute atomic E-state index is 12.8. The van der Waals surface area contributed by atoms with E-state index in [1.165, 1.54) is 51.4 Å². The molecule has 0 aromatic heterocycles. The zero-order valence-corrected chi connectivity index (χ0v) is 40.5. The topological polar surface area (TPSA) is 78.9 Å². The van der Waals surface area contributed by atoms with Gasteiger partial charge in [-0.15, -0.1) is 0 Å². The number of carbonyl (C=O) groups is 3. The number of unbranched alkanes of at least 4 members (excludes halogenated alkanes) is 16. The lowest BCUT2D eigenvalue weighted by molar-refractivity contribution is -0.166. The molecule has 63 heavy (non-hydrogen) atoms. The van der Waals surface area contributed by atoms with Crippen LogP contribution >= 0.6 is 0 Å². The summed E-state index contributed by atoms with van der Waals surface area (Å²) < 4.78 is 16.7. The SMILES string of the molecule is CC/C=C\C/C=C\C/C=C\C/C=C\C/C=C\CC(=O)OCC(COC(=O)CCCCCCC/C=C\CCCCCCCC)OC(=O)CCCCCCC/C=C\C/C=C\C/C=C\CC. The first-order valence-corrected chi connectivity index (χ1v) is 25.4. The molecule has 0 saturated heterocycles. The number of hydrogen-bond acceptors (Lipinski definition) is 6. The third kappa shape index (κ3) is 49.0. The summed E-state index contributed by atoms with van der Waals surface area (Å²) in [5, 5.41) is 0. The fourth-order valence-electron chi connectivity index (χ4n) is 6.52. The van der Waals surface area contributed by atoms with E-state index in [2.05, 4.69) is 118 Å². The lowest BCUT2D eigenvalue weighted by atomic mass is 10.1. The summed E-state index contributed by atoms with van der Waals surface area (Å²) in [5.41, 5.74) is 0. The minimum Gasteiger partial charge on any atom is -0.462 e. The van der Waals surface area contributed by atoms with E-state index in [0.717, 1.165) is 122 Å². The van der Waals surface area contributed by atoms with E-state index in [1.54, 1.807) is 6.08 Å². The van der Waals surface area contributed by atoms with Crippen LogP contribution in [-0.2, 0) is 28.6 Å². The standard InChI is InChI=1S/C57H92O6/c1-4-7-10-13-16-19-22-25-28-31-34-37-40-43-46-49-55(58)61-52-54(63-57(60)51-48-45-42-39-36-33-30-27-24-21-18-15-12-9-6-3)53-62-56(59)50-47-44-41-38-35-32-29-26-23-20-17-14-11-8-5-2/h7,9-10,12,16,18-19,21,25-30,34,37,43,46,54H,4-6,8,11,13-15,17,20,22-24,31-33,35-36,38-42,44-45,47-53H2,1-3H3/b10-7-,12-9-,19-16-,21-18-,28-25-,29-26-,30-27-,37-34-,46-43-. The molecule has 0 saturated carbocycles. The van der Waals surface area contributed by atoms with Crippen LogP contribution in [0.5, 0.6) is 0 Å². The minimum atomic E-state index is -0.831. The van der Waals surface area contributed by atoms with Crippen molar-refractivity contribution in [1.29, 1.82) is 0 Å². The molecule has 1 unspecified atom stereocenters. The van der Waals surface area contributed by atoms with Crippen LogP contribution in [0, 0.1) is 0 Å². The number of ether oxygens (including phenoxy) is 3. The van der Waals surface area contributed by atoms with Crippen molar-refractivity contribution in [3.8, 4) is 0 Å². The zero-order chi connectivity index (χ0) is 45.8. The van der Waals surface area contributed by atoms with Gasteiger partial charge in [-0.05, 0) is 103 Å². The smallest absolute Gasteiger partial charge is 0.309 e. The molecule has 0 aliphatic carbocycles. The zero-order valence-electron chi connectivity index (χ0n) is 40.5. The fourth-order valence-corrected chi connectivity index (χ4v) is 6.52. The van der Waals surface area contributed by atoms with Gasteiger partial charge in [0.2, 0.25) is 0 Å². The highest BCUT2D eigenvalue weighted by Gasteiger charge is 2.19. The van der Waals surface area contributed by atoms with Crippen molar-refractivity contribution in [2.75, 3.05) is 13.2 Å². The Bertz CT molecular complexity index is 1330. The van der Waals surface area contributed by atoms with E-state index < -0.39 is 12.1 Å². The van der Waals surface area contributed by atoms with Crippen LogP contribution in [0.3, 0.4) is 0 Å². The molecule has 6 nitrogen and oxygen atoms in total. The molecule has 0 heterocycles. The maximum Gasteiger partial charge on any atom is 0.309 e. The van der Waals surface area contributed by atoms with Gasteiger partial charge >= 0.3 is 17.9 Å². The second kappa shape index (κ2) is 50.7. The first-order chi connectivity index (χ1) is 31.0. The predicted molar refractivity (Wildman–Crippen MR) is 270 cm³/mol. The lowest BCUT2D eigenvalue weighted by Crippen LogP contribution is -2.30. The Morgan fingerprint density at radius 2 is 0.683 bits per heavy atom.